The van der Waals surface area contributed by atoms with Crippen molar-refractivity contribution in [2.75, 3.05) is 6.54 Å². The van der Waals surface area contributed by atoms with Crippen molar-refractivity contribution in [2.45, 2.75) is 77.3 Å². The molecule has 4 aromatic carbocycles. The summed E-state index contributed by atoms with van der Waals surface area (Å²) in [5.74, 6) is -0.647. The van der Waals surface area contributed by atoms with Crippen LogP contribution in [0.5, 0.6) is 23.0 Å². The molecule has 70 heavy (non-hydrogen) atoms. The molecule has 6 rings (SSSR count). The first kappa shape index (κ1) is 53.1. The van der Waals surface area contributed by atoms with E-state index < -0.39 is 30.6 Å². The van der Waals surface area contributed by atoms with Gasteiger partial charge in [-0.25, -0.2) is 0 Å². The van der Waals surface area contributed by atoms with Gasteiger partial charge >= 0.3 is 11.9 Å². The van der Waals surface area contributed by atoms with Gasteiger partial charge in [0.1, 0.15) is 61.6 Å². The second-order valence-corrected chi connectivity index (χ2v) is 18.3. The summed E-state index contributed by atoms with van der Waals surface area (Å²) in [7, 11) is 0. The maximum Gasteiger partial charge on any atom is 0.306 e. The van der Waals surface area contributed by atoms with Crippen molar-refractivity contribution in [3.05, 3.63) is 161 Å². The Balaban J connectivity index is 1.18. The van der Waals surface area contributed by atoms with Gasteiger partial charge in [-0.1, -0.05) is 59.6 Å². The van der Waals surface area contributed by atoms with E-state index in [0.29, 0.717) is 68.7 Å². The summed E-state index contributed by atoms with van der Waals surface area (Å²) in [6, 6.07) is 25.8. The summed E-state index contributed by atoms with van der Waals surface area (Å²) >= 11 is 21.2. The molecule has 0 bridgehead atoms. The molecule has 2 heterocycles. The Hall–Kier alpha value is -6.28. The van der Waals surface area contributed by atoms with Gasteiger partial charge < -0.3 is 44.7 Å². The van der Waals surface area contributed by atoms with Crippen molar-refractivity contribution in [3.8, 4) is 46.3 Å². The van der Waals surface area contributed by atoms with Crippen molar-refractivity contribution < 1.29 is 49.0 Å². The number of carboxylic acids is 2. The number of nitrogens with zero attached hydrogens (tertiary/aromatic N) is 4. The van der Waals surface area contributed by atoms with Gasteiger partial charge in [0.15, 0.2) is 0 Å². The van der Waals surface area contributed by atoms with E-state index in [1.54, 1.807) is 48.8 Å². The van der Waals surface area contributed by atoms with Crippen LogP contribution in [0.2, 0.25) is 10.0 Å². The summed E-state index contributed by atoms with van der Waals surface area (Å²) in [5, 5.41) is 60.7. The number of hydrogen-bond donors (Lipinski definition) is 5. The molecular formula is C51H45Br2Cl2N5O10. The lowest BCUT2D eigenvalue weighted by Crippen LogP contribution is -2.28. The maximum absolute atomic E-state index is 11.1. The maximum atomic E-state index is 11.1. The summed E-state index contributed by atoms with van der Waals surface area (Å²) < 4.78 is 26.6. The SMILES string of the molecule is N#Cc1cncc(COc2cc(OCc3cccc(-c4cccc(COc5cc(OCc6cncc(C#N)c6)c(CNC[C@@H](O)CC(=O)O)cc5Cl)c4Br)c3Br)c(Cl)cc2CCC[C@@H](O)CC(=O)O)c1. The van der Waals surface area contributed by atoms with Crippen LogP contribution < -0.4 is 24.3 Å². The van der Waals surface area contributed by atoms with Crippen LogP contribution in [0.4, 0.5) is 0 Å². The van der Waals surface area contributed by atoms with Crippen LogP contribution in [0.3, 0.4) is 0 Å². The van der Waals surface area contributed by atoms with Crippen LogP contribution in [-0.4, -0.2) is 61.1 Å². The molecule has 0 radical (unpaired) electrons. The highest BCUT2D eigenvalue weighted by atomic mass is 79.9. The largest absolute Gasteiger partial charge is 0.488 e. The molecule has 0 aliphatic heterocycles. The van der Waals surface area contributed by atoms with E-state index in [1.165, 1.54) is 12.4 Å². The normalized spacial score (nSPS) is 11.8. The number of nitrogens with one attached hydrogen (secondary N) is 1. The molecule has 0 amide bonds. The van der Waals surface area contributed by atoms with Gasteiger partial charge in [0.25, 0.3) is 0 Å². The molecule has 0 saturated heterocycles. The van der Waals surface area contributed by atoms with Crippen LogP contribution in [0.1, 0.15) is 70.2 Å². The minimum atomic E-state index is -1.12. The first-order chi connectivity index (χ1) is 33.7. The number of hydrogen-bond acceptors (Lipinski definition) is 13. The average molecular weight is 1120 g/mol. The van der Waals surface area contributed by atoms with E-state index in [4.69, 9.17) is 52.4 Å². The van der Waals surface area contributed by atoms with Crippen LogP contribution >= 0.6 is 55.1 Å². The van der Waals surface area contributed by atoms with E-state index in [1.807, 2.05) is 36.4 Å². The first-order valence-electron chi connectivity index (χ1n) is 21.6. The van der Waals surface area contributed by atoms with E-state index in [-0.39, 0.29) is 57.4 Å². The Kier molecular flexibility index (Phi) is 19.8. The number of aryl methyl sites for hydroxylation is 1. The Labute approximate surface area is 430 Å². The zero-order valence-corrected chi connectivity index (χ0v) is 41.9. The number of aliphatic hydroxyl groups is 2. The standard InChI is InChI=1S/C51H45Br2Cl2N5O10/c52-50-35(28-69-46-16-44(67-26-32-10-30(18-56)20-58-22-32)34(12-42(46)54)4-1-7-38(61)14-48(63)64)5-2-8-40(50)41-9-3-6-36(51(41)53)29-70-47-17-45(68-27-33-11-31(19-57)21-59-23-33)37(13-43(47)55)24-60-25-39(62)15-49(65)66/h2-3,5-6,8-13,16-17,20-23,38-39,60-62H,1,4,7,14-15,24-29H2,(H,63,64)(H,65,66)/t38-,39+/m1/s1. The fourth-order valence-corrected chi connectivity index (χ4v) is 8.81. The fraction of sp³-hybridized carbons (Fsp3) is 0.255. The molecule has 15 nitrogen and oxygen atoms in total. The first-order valence-corrected chi connectivity index (χ1v) is 23.9. The van der Waals surface area contributed by atoms with Gasteiger partial charge in [0.2, 0.25) is 0 Å². The smallest absolute Gasteiger partial charge is 0.306 e. The number of aromatic nitrogens is 2. The lowest BCUT2D eigenvalue weighted by atomic mass is 10.0. The monoisotopic (exact) mass is 1120 g/mol. The molecule has 2 atom stereocenters. The minimum Gasteiger partial charge on any atom is -0.488 e. The molecular weight excluding hydrogens is 1070 g/mol. The van der Waals surface area contributed by atoms with Crippen molar-refractivity contribution in [1.82, 2.24) is 15.3 Å². The van der Waals surface area contributed by atoms with Gasteiger partial charge in [0, 0.05) is 86.8 Å². The number of rotatable bonds is 25. The third kappa shape index (κ3) is 15.4. The summed E-state index contributed by atoms with van der Waals surface area (Å²) in [6.45, 7) is 0.585. The van der Waals surface area contributed by atoms with Gasteiger partial charge in [-0.05, 0) is 92.1 Å². The Bertz CT molecular complexity index is 2720. The van der Waals surface area contributed by atoms with Crippen LogP contribution in [-0.2, 0) is 49.0 Å². The summed E-state index contributed by atoms with van der Waals surface area (Å²) in [6.07, 6.45) is 4.40. The second-order valence-electron chi connectivity index (χ2n) is 15.9. The third-order valence-electron chi connectivity index (χ3n) is 10.6. The molecule has 2 aromatic heterocycles. The molecule has 0 aliphatic rings. The number of pyridine rings is 2. The van der Waals surface area contributed by atoms with E-state index in [9.17, 15) is 30.3 Å². The highest BCUT2D eigenvalue weighted by molar-refractivity contribution is 9.11. The minimum absolute atomic E-state index is 0.0137. The van der Waals surface area contributed by atoms with Gasteiger partial charge in [-0.15, -0.1) is 0 Å². The number of aliphatic hydroxyl groups excluding tert-OH is 2. The van der Waals surface area contributed by atoms with Crippen LogP contribution in [0.25, 0.3) is 11.1 Å². The van der Waals surface area contributed by atoms with E-state index in [2.05, 4.69) is 59.3 Å². The topological polar surface area (TPSA) is 237 Å². The molecule has 19 heteroatoms. The quantitative estimate of drug-likeness (QED) is 0.0358. The average Bonchev–Trinajstić information content (AvgIpc) is 3.33. The number of carbonyl (C=O) groups is 2. The Morgan fingerprint density at radius 1 is 0.629 bits per heavy atom. The number of carboxylic acid groups (broad SMARTS) is 2. The molecule has 0 fully saturated rings. The van der Waals surface area contributed by atoms with Gasteiger partial charge in [-0.2, -0.15) is 10.5 Å². The van der Waals surface area contributed by atoms with Crippen molar-refractivity contribution >= 4 is 67.0 Å². The third-order valence-corrected chi connectivity index (χ3v) is 13.0. The van der Waals surface area contributed by atoms with Gasteiger partial charge in [0.05, 0.1) is 46.2 Å². The molecule has 0 aliphatic carbocycles. The number of halogens is 4. The number of nitriles is 2. The Morgan fingerprint density at radius 3 is 1.60 bits per heavy atom. The molecule has 0 spiro atoms. The number of aliphatic carboxylic acids is 2. The van der Waals surface area contributed by atoms with Gasteiger partial charge in [-0.3, -0.25) is 19.6 Å². The number of benzene rings is 4. The molecule has 5 N–H and O–H groups in total. The number of ether oxygens (including phenoxy) is 4. The molecule has 0 unspecified atom stereocenters. The Morgan fingerprint density at radius 2 is 1.10 bits per heavy atom. The van der Waals surface area contributed by atoms with Crippen molar-refractivity contribution in [3.63, 3.8) is 0 Å². The van der Waals surface area contributed by atoms with E-state index >= 15 is 0 Å². The predicted octanol–water partition coefficient (Wildman–Crippen LogP) is 10.1. The molecule has 362 valence electrons. The lowest BCUT2D eigenvalue weighted by molar-refractivity contribution is -0.140. The van der Waals surface area contributed by atoms with Crippen molar-refractivity contribution in [2.24, 2.45) is 0 Å². The zero-order valence-electron chi connectivity index (χ0n) is 37.2. The highest BCUT2D eigenvalue weighted by Gasteiger charge is 2.19. The summed E-state index contributed by atoms with van der Waals surface area (Å²) in [4.78, 5) is 30.3. The van der Waals surface area contributed by atoms with Crippen LogP contribution in [0, 0.1) is 22.7 Å². The van der Waals surface area contributed by atoms with E-state index in [0.717, 1.165) is 36.8 Å². The summed E-state index contributed by atoms with van der Waals surface area (Å²) in [5.41, 5.74) is 6.76. The predicted molar refractivity (Wildman–Crippen MR) is 267 cm³/mol. The fourth-order valence-electron chi connectivity index (χ4n) is 7.14. The lowest BCUT2D eigenvalue weighted by Gasteiger charge is -2.18. The van der Waals surface area contributed by atoms with Crippen molar-refractivity contribution in [1.29, 1.82) is 10.5 Å². The zero-order chi connectivity index (χ0) is 50.2. The molecule has 0 saturated carbocycles. The van der Waals surface area contributed by atoms with Crippen LogP contribution in [0.15, 0.2) is 107 Å². The molecule has 6 aromatic rings. The second kappa shape index (κ2) is 26.1. The highest BCUT2D eigenvalue weighted by Crippen LogP contribution is 2.40.